The molecule has 0 radical (unpaired) electrons. The van der Waals surface area contributed by atoms with Crippen LogP contribution in [0.1, 0.15) is 26.3 Å². The highest BCUT2D eigenvalue weighted by atomic mass is 16.4. The Hall–Kier alpha value is -2.17. The van der Waals surface area contributed by atoms with Crippen molar-refractivity contribution in [1.29, 1.82) is 0 Å². The number of Topliss-reactive ketones (excluding diaryl/α,β-unsaturated/α-hetero) is 1. The topological polar surface area (TPSA) is 91.7 Å². The van der Waals surface area contributed by atoms with Crippen LogP contribution >= 0.6 is 0 Å². The summed E-state index contributed by atoms with van der Waals surface area (Å²) in [5.41, 5.74) is 0.882. The summed E-state index contributed by atoms with van der Waals surface area (Å²) in [6, 6.07) is 4.05. The van der Waals surface area contributed by atoms with Crippen LogP contribution in [0.25, 0.3) is 0 Å². The molecule has 82 valence electrons. The highest BCUT2D eigenvalue weighted by Gasteiger charge is 2.35. The normalized spacial score (nSPS) is 18.2. The molecule has 0 fully saturated rings. The van der Waals surface area contributed by atoms with E-state index in [0.717, 1.165) is 0 Å². The molecule has 1 aromatic carbocycles. The molecule has 1 atom stereocenters. The van der Waals surface area contributed by atoms with E-state index in [1.54, 1.807) is 0 Å². The molecule has 2 N–H and O–H groups in total. The third-order valence-electron chi connectivity index (χ3n) is 2.66. The smallest absolute Gasteiger partial charge is 0.335 e. The molecule has 1 aromatic rings. The predicted octanol–water partition coefficient (Wildman–Crippen LogP) is 0.824. The van der Waals surface area contributed by atoms with Gasteiger partial charge in [-0.15, -0.1) is 0 Å². The lowest BCUT2D eigenvalue weighted by Gasteiger charge is -1.98. The zero-order valence-electron chi connectivity index (χ0n) is 8.14. The zero-order valence-corrected chi connectivity index (χ0v) is 8.14. The molecule has 0 saturated heterocycles. The SMILES string of the molecule is O=C(O)c1ccc2c(c1)CC(C(=O)O)C2=O. The number of fused-ring (bicyclic) bond motifs is 1. The van der Waals surface area contributed by atoms with E-state index in [-0.39, 0.29) is 12.0 Å². The minimum Gasteiger partial charge on any atom is -0.481 e. The number of aromatic carboxylic acids is 1. The first-order valence-corrected chi connectivity index (χ1v) is 4.64. The van der Waals surface area contributed by atoms with Crippen LogP contribution in [-0.2, 0) is 11.2 Å². The molecular formula is C11H8O5. The van der Waals surface area contributed by atoms with Crippen LogP contribution in [0.5, 0.6) is 0 Å². The van der Waals surface area contributed by atoms with Crippen molar-refractivity contribution in [1.82, 2.24) is 0 Å². The van der Waals surface area contributed by atoms with Crippen LogP contribution in [0.15, 0.2) is 18.2 Å². The number of benzene rings is 1. The zero-order chi connectivity index (χ0) is 11.9. The quantitative estimate of drug-likeness (QED) is 0.720. The Morgan fingerprint density at radius 1 is 1.25 bits per heavy atom. The summed E-state index contributed by atoms with van der Waals surface area (Å²) in [7, 11) is 0. The van der Waals surface area contributed by atoms with Crippen LogP contribution in [0.2, 0.25) is 0 Å². The van der Waals surface area contributed by atoms with Gasteiger partial charge in [-0.2, -0.15) is 0 Å². The molecular weight excluding hydrogens is 212 g/mol. The monoisotopic (exact) mass is 220 g/mol. The van der Waals surface area contributed by atoms with Crippen LogP contribution < -0.4 is 0 Å². The van der Waals surface area contributed by atoms with Gasteiger partial charge in [-0.05, 0) is 24.1 Å². The predicted molar refractivity (Wildman–Crippen MR) is 52.6 cm³/mol. The van der Waals surface area contributed by atoms with E-state index in [2.05, 4.69) is 0 Å². The van der Waals surface area contributed by atoms with E-state index in [4.69, 9.17) is 10.2 Å². The maximum absolute atomic E-state index is 11.6. The first kappa shape index (κ1) is 10.4. The average Bonchev–Trinajstić information content (AvgIpc) is 2.55. The second-order valence-electron chi connectivity index (χ2n) is 3.64. The summed E-state index contributed by atoms with van der Waals surface area (Å²) >= 11 is 0. The maximum atomic E-state index is 11.6. The Labute approximate surface area is 90.3 Å². The molecule has 0 spiro atoms. The first-order chi connectivity index (χ1) is 7.50. The lowest BCUT2D eigenvalue weighted by molar-refractivity contribution is -0.139. The van der Waals surface area contributed by atoms with E-state index in [0.29, 0.717) is 11.1 Å². The van der Waals surface area contributed by atoms with Crippen LogP contribution in [0.3, 0.4) is 0 Å². The van der Waals surface area contributed by atoms with Gasteiger partial charge in [0.15, 0.2) is 5.78 Å². The van der Waals surface area contributed by atoms with Crippen molar-refractivity contribution in [2.24, 2.45) is 5.92 Å². The number of carbonyl (C=O) groups excluding carboxylic acids is 1. The molecule has 1 unspecified atom stereocenters. The number of rotatable bonds is 2. The molecule has 0 saturated carbocycles. The fourth-order valence-corrected chi connectivity index (χ4v) is 1.84. The van der Waals surface area contributed by atoms with Crippen molar-refractivity contribution in [3.05, 3.63) is 34.9 Å². The minimum atomic E-state index is -1.17. The third kappa shape index (κ3) is 1.46. The summed E-state index contributed by atoms with van der Waals surface area (Å²) in [5.74, 6) is -3.77. The summed E-state index contributed by atoms with van der Waals surface area (Å²) in [5, 5.41) is 17.6. The Kier molecular flexibility index (Phi) is 2.23. The molecule has 0 heterocycles. The Bertz CT molecular complexity index is 503. The van der Waals surface area contributed by atoms with Gasteiger partial charge >= 0.3 is 11.9 Å². The molecule has 0 aromatic heterocycles. The Morgan fingerprint density at radius 3 is 2.50 bits per heavy atom. The third-order valence-corrected chi connectivity index (χ3v) is 2.66. The van der Waals surface area contributed by atoms with Gasteiger partial charge in [0.1, 0.15) is 5.92 Å². The molecule has 2 rings (SSSR count). The molecule has 5 nitrogen and oxygen atoms in total. The number of hydrogen-bond donors (Lipinski definition) is 2. The van der Waals surface area contributed by atoms with Crippen molar-refractivity contribution in [3.8, 4) is 0 Å². The average molecular weight is 220 g/mol. The summed E-state index contributed by atoms with van der Waals surface area (Å²) in [6.07, 6.45) is 0.0740. The van der Waals surface area contributed by atoms with Crippen LogP contribution in [0.4, 0.5) is 0 Å². The molecule has 1 aliphatic carbocycles. The molecule has 1 aliphatic rings. The molecule has 5 heteroatoms. The van der Waals surface area contributed by atoms with Gasteiger partial charge in [-0.3, -0.25) is 9.59 Å². The van der Waals surface area contributed by atoms with Gasteiger partial charge in [0, 0.05) is 5.56 Å². The summed E-state index contributed by atoms with van der Waals surface area (Å²) in [4.78, 5) is 33.0. The number of ketones is 1. The van der Waals surface area contributed by atoms with E-state index in [1.165, 1.54) is 18.2 Å². The molecule has 0 bridgehead atoms. The second kappa shape index (κ2) is 3.44. The van der Waals surface area contributed by atoms with Crippen molar-refractivity contribution in [2.45, 2.75) is 6.42 Å². The van der Waals surface area contributed by atoms with Crippen molar-refractivity contribution < 1.29 is 24.6 Å². The highest BCUT2D eigenvalue weighted by Crippen LogP contribution is 2.27. The standard InChI is InChI=1S/C11H8O5/c12-9-7-2-1-5(10(13)14)3-6(7)4-8(9)11(15)16/h1-3,8H,4H2,(H,13,14)(H,15,16). The minimum absolute atomic E-state index is 0.0672. The lowest BCUT2D eigenvalue weighted by atomic mass is 10.1. The van der Waals surface area contributed by atoms with E-state index < -0.39 is 23.6 Å². The number of carboxylic acid groups (broad SMARTS) is 2. The number of hydrogen-bond acceptors (Lipinski definition) is 3. The van der Waals surface area contributed by atoms with E-state index in [1.807, 2.05) is 0 Å². The Morgan fingerprint density at radius 2 is 1.94 bits per heavy atom. The maximum Gasteiger partial charge on any atom is 0.335 e. The number of carbonyl (C=O) groups is 3. The summed E-state index contributed by atoms with van der Waals surface area (Å²) < 4.78 is 0. The van der Waals surface area contributed by atoms with E-state index in [9.17, 15) is 14.4 Å². The van der Waals surface area contributed by atoms with Crippen molar-refractivity contribution in [3.63, 3.8) is 0 Å². The fraction of sp³-hybridized carbons (Fsp3) is 0.182. The van der Waals surface area contributed by atoms with E-state index >= 15 is 0 Å². The summed E-state index contributed by atoms with van der Waals surface area (Å²) in [6.45, 7) is 0. The van der Waals surface area contributed by atoms with Gasteiger partial charge in [-0.25, -0.2) is 4.79 Å². The molecule has 16 heavy (non-hydrogen) atoms. The van der Waals surface area contributed by atoms with Crippen LogP contribution in [0, 0.1) is 5.92 Å². The number of carboxylic acids is 2. The fourth-order valence-electron chi connectivity index (χ4n) is 1.84. The van der Waals surface area contributed by atoms with Crippen molar-refractivity contribution in [2.75, 3.05) is 0 Å². The van der Waals surface area contributed by atoms with Crippen molar-refractivity contribution >= 4 is 17.7 Å². The second-order valence-corrected chi connectivity index (χ2v) is 3.64. The van der Waals surface area contributed by atoms with Gasteiger partial charge < -0.3 is 10.2 Å². The van der Waals surface area contributed by atoms with Gasteiger partial charge in [0.2, 0.25) is 0 Å². The molecule has 0 aliphatic heterocycles. The Balaban J connectivity index is 2.44. The van der Waals surface area contributed by atoms with Gasteiger partial charge in [0.25, 0.3) is 0 Å². The first-order valence-electron chi connectivity index (χ1n) is 4.64. The molecule has 0 amide bonds. The highest BCUT2D eigenvalue weighted by molar-refractivity contribution is 6.12. The van der Waals surface area contributed by atoms with Crippen LogP contribution in [-0.4, -0.2) is 27.9 Å². The number of aliphatic carboxylic acids is 1. The van der Waals surface area contributed by atoms with Gasteiger partial charge in [0.05, 0.1) is 5.56 Å². The largest absolute Gasteiger partial charge is 0.481 e. The lowest BCUT2D eigenvalue weighted by Crippen LogP contribution is -2.19. The van der Waals surface area contributed by atoms with Gasteiger partial charge in [-0.1, -0.05) is 6.07 Å².